The molecule has 5 heteroatoms. The maximum Gasteiger partial charge on any atom is 0.203 e. The minimum absolute atomic E-state index is 0.0880. The minimum atomic E-state index is -0.329. The second-order valence-electron chi connectivity index (χ2n) is 5.02. The largest absolute Gasteiger partial charge is 0.303 e. The Hall–Kier alpha value is -2.27. The lowest BCUT2D eigenvalue weighted by Gasteiger charge is -2.06. The van der Waals surface area contributed by atoms with Crippen molar-refractivity contribution in [2.24, 2.45) is 5.10 Å². The standard InChI is InChI=1S/C17H17FN2OS/c1-12-10-16(22-11-12)17(21)15(8-9-19-20(2)3)13-4-6-14(18)7-5-13/h4-11H,1-3H3. The Morgan fingerprint density at radius 2 is 1.95 bits per heavy atom. The molecule has 0 aliphatic rings. The molecule has 2 rings (SSSR count). The first-order valence-corrected chi connectivity index (χ1v) is 7.62. The fourth-order valence-corrected chi connectivity index (χ4v) is 2.71. The topological polar surface area (TPSA) is 32.7 Å². The fourth-order valence-electron chi connectivity index (χ4n) is 1.86. The highest BCUT2D eigenvalue weighted by atomic mass is 32.1. The van der Waals surface area contributed by atoms with Gasteiger partial charge >= 0.3 is 0 Å². The zero-order chi connectivity index (χ0) is 16.1. The van der Waals surface area contributed by atoms with E-state index in [-0.39, 0.29) is 11.6 Å². The molecule has 0 unspecified atom stereocenters. The van der Waals surface area contributed by atoms with Crippen LogP contribution in [0.5, 0.6) is 0 Å². The van der Waals surface area contributed by atoms with Crippen molar-refractivity contribution in [2.75, 3.05) is 14.1 Å². The highest BCUT2D eigenvalue weighted by molar-refractivity contribution is 7.12. The number of hydrazone groups is 1. The number of thiophene rings is 1. The molecule has 0 N–H and O–H groups in total. The lowest BCUT2D eigenvalue weighted by molar-refractivity contribution is 0.106. The molecular weight excluding hydrogens is 299 g/mol. The molecule has 0 radical (unpaired) electrons. The van der Waals surface area contributed by atoms with Gasteiger partial charge in [-0.15, -0.1) is 11.3 Å². The van der Waals surface area contributed by atoms with Crippen molar-refractivity contribution in [1.82, 2.24) is 5.01 Å². The molecule has 114 valence electrons. The normalized spacial score (nSPS) is 11.9. The first-order chi connectivity index (χ1) is 10.5. The highest BCUT2D eigenvalue weighted by Crippen LogP contribution is 2.24. The predicted octanol–water partition coefficient (Wildman–Crippen LogP) is 4.01. The van der Waals surface area contributed by atoms with Gasteiger partial charge in [-0.2, -0.15) is 5.10 Å². The van der Waals surface area contributed by atoms with Gasteiger partial charge in [-0.1, -0.05) is 12.1 Å². The molecular formula is C17H17FN2OS. The van der Waals surface area contributed by atoms with Crippen molar-refractivity contribution >= 4 is 28.9 Å². The quantitative estimate of drug-likeness (QED) is 0.361. The summed E-state index contributed by atoms with van der Waals surface area (Å²) in [5, 5.41) is 7.67. The van der Waals surface area contributed by atoms with Crippen LogP contribution in [-0.4, -0.2) is 31.1 Å². The summed E-state index contributed by atoms with van der Waals surface area (Å²) < 4.78 is 13.1. The molecule has 0 saturated heterocycles. The minimum Gasteiger partial charge on any atom is -0.303 e. The van der Waals surface area contributed by atoms with Crippen LogP contribution in [0, 0.1) is 12.7 Å². The van der Waals surface area contributed by atoms with E-state index in [1.165, 1.54) is 23.5 Å². The van der Waals surface area contributed by atoms with E-state index in [1.807, 2.05) is 18.4 Å². The first-order valence-electron chi connectivity index (χ1n) is 6.74. The third kappa shape index (κ3) is 4.11. The van der Waals surface area contributed by atoms with Gasteiger partial charge in [0, 0.05) is 25.9 Å². The van der Waals surface area contributed by atoms with Crippen molar-refractivity contribution in [3.8, 4) is 0 Å². The number of hydrogen-bond acceptors (Lipinski definition) is 4. The average molecular weight is 316 g/mol. The Morgan fingerprint density at radius 1 is 1.27 bits per heavy atom. The average Bonchev–Trinajstić information content (AvgIpc) is 2.90. The van der Waals surface area contributed by atoms with Crippen LogP contribution in [-0.2, 0) is 0 Å². The van der Waals surface area contributed by atoms with E-state index < -0.39 is 0 Å². The molecule has 0 spiro atoms. The monoisotopic (exact) mass is 316 g/mol. The molecule has 0 saturated carbocycles. The molecule has 22 heavy (non-hydrogen) atoms. The zero-order valence-electron chi connectivity index (χ0n) is 12.7. The number of rotatable bonds is 5. The number of aryl methyl sites for hydroxylation is 1. The predicted molar refractivity (Wildman–Crippen MR) is 89.9 cm³/mol. The van der Waals surface area contributed by atoms with E-state index in [2.05, 4.69) is 5.10 Å². The van der Waals surface area contributed by atoms with E-state index in [1.54, 1.807) is 43.5 Å². The number of carbonyl (C=O) groups excluding carboxylic acids is 1. The van der Waals surface area contributed by atoms with E-state index in [9.17, 15) is 9.18 Å². The lowest BCUT2D eigenvalue weighted by atomic mass is 10.0. The van der Waals surface area contributed by atoms with Crippen molar-refractivity contribution in [2.45, 2.75) is 6.92 Å². The molecule has 0 atom stereocenters. The maximum absolute atomic E-state index is 13.1. The molecule has 0 aliphatic carbocycles. The van der Waals surface area contributed by atoms with Crippen molar-refractivity contribution in [3.63, 3.8) is 0 Å². The van der Waals surface area contributed by atoms with Crippen LogP contribution < -0.4 is 0 Å². The van der Waals surface area contributed by atoms with E-state index in [0.29, 0.717) is 16.0 Å². The van der Waals surface area contributed by atoms with Gasteiger partial charge in [-0.05, 0) is 47.7 Å². The Bertz CT molecular complexity index is 715. The van der Waals surface area contributed by atoms with E-state index in [0.717, 1.165) is 5.56 Å². The van der Waals surface area contributed by atoms with Crippen molar-refractivity contribution in [1.29, 1.82) is 0 Å². The first kappa shape index (κ1) is 16.1. The molecule has 0 bridgehead atoms. The van der Waals surface area contributed by atoms with E-state index in [4.69, 9.17) is 0 Å². The summed E-state index contributed by atoms with van der Waals surface area (Å²) in [6.07, 6.45) is 3.22. The van der Waals surface area contributed by atoms with Crippen LogP contribution in [0.1, 0.15) is 20.8 Å². The number of ketones is 1. The van der Waals surface area contributed by atoms with Crippen LogP contribution in [0.3, 0.4) is 0 Å². The summed E-state index contributed by atoms with van der Waals surface area (Å²) in [6.45, 7) is 1.95. The Kier molecular flexibility index (Phi) is 5.22. The third-order valence-corrected chi connectivity index (χ3v) is 3.94. The van der Waals surface area contributed by atoms with Crippen LogP contribution in [0.2, 0.25) is 0 Å². The Balaban J connectivity index is 2.41. The fraction of sp³-hybridized carbons (Fsp3) is 0.176. The molecule has 0 amide bonds. The molecule has 1 aromatic heterocycles. The van der Waals surface area contributed by atoms with Gasteiger partial charge in [0.05, 0.1) is 4.88 Å². The van der Waals surface area contributed by atoms with Gasteiger partial charge in [-0.25, -0.2) is 4.39 Å². The van der Waals surface area contributed by atoms with Gasteiger partial charge in [0.25, 0.3) is 0 Å². The van der Waals surface area contributed by atoms with Crippen LogP contribution in [0.4, 0.5) is 4.39 Å². The van der Waals surface area contributed by atoms with Gasteiger partial charge in [0.1, 0.15) is 5.82 Å². The highest BCUT2D eigenvalue weighted by Gasteiger charge is 2.15. The van der Waals surface area contributed by atoms with Gasteiger partial charge in [0.2, 0.25) is 5.78 Å². The third-order valence-electron chi connectivity index (χ3n) is 2.89. The van der Waals surface area contributed by atoms with E-state index >= 15 is 0 Å². The molecule has 0 fully saturated rings. The van der Waals surface area contributed by atoms with Crippen LogP contribution >= 0.6 is 11.3 Å². The number of Topliss-reactive ketones (excluding diaryl/α,β-unsaturated/α-hetero) is 1. The molecule has 3 nitrogen and oxygen atoms in total. The maximum atomic E-state index is 13.1. The van der Waals surface area contributed by atoms with Crippen molar-refractivity contribution in [3.05, 3.63) is 63.6 Å². The SMILES string of the molecule is Cc1csc(C(=O)C(=CC=NN(C)C)c2ccc(F)cc2)c1. The summed E-state index contributed by atoms with van der Waals surface area (Å²) in [6, 6.07) is 7.75. The molecule has 2 aromatic rings. The smallest absolute Gasteiger partial charge is 0.203 e. The Labute approximate surface area is 133 Å². The van der Waals surface area contributed by atoms with Crippen LogP contribution in [0.25, 0.3) is 5.57 Å². The number of allylic oxidation sites excluding steroid dienone is 2. The summed E-state index contributed by atoms with van der Waals surface area (Å²) in [4.78, 5) is 13.4. The second kappa shape index (κ2) is 7.13. The van der Waals surface area contributed by atoms with Gasteiger partial charge in [0.15, 0.2) is 0 Å². The summed E-state index contributed by atoms with van der Waals surface area (Å²) in [5.74, 6) is -0.417. The number of carbonyl (C=O) groups is 1. The summed E-state index contributed by atoms with van der Waals surface area (Å²) in [5.41, 5.74) is 2.21. The Morgan fingerprint density at radius 3 is 2.50 bits per heavy atom. The van der Waals surface area contributed by atoms with Gasteiger partial charge in [-0.3, -0.25) is 4.79 Å². The van der Waals surface area contributed by atoms with Gasteiger partial charge < -0.3 is 5.01 Å². The zero-order valence-corrected chi connectivity index (χ0v) is 13.5. The number of nitrogens with zero attached hydrogens (tertiary/aromatic N) is 2. The van der Waals surface area contributed by atoms with Crippen LogP contribution in [0.15, 0.2) is 46.9 Å². The van der Waals surface area contributed by atoms with Crippen molar-refractivity contribution < 1.29 is 9.18 Å². The number of benzene rings is 1. The molecule has 0 aliphatic heterocycles. The second-order valence-corrected chi connectivity index (χ2v) is 5.93. The summed E-state index contributed by atoms with van der Waals surface area (Å²) in [7, 11) is 3.60. The molecule has 1 heterocycles. The molecule has 1 aromatic carbocycles. The summed E-state index contributed by atoms with van der Waals surface area (Å²) >= 11 is 1.40. The number of halogens is 1. The number of hydrogen-bond donors (Lipinski definition) is 0. The lowest BCUT2D eigenvalue weighted by Crippen LogP contribution is -2.03.